The molecular formula is C13H16ClN7. The molecule has 2 heterocycles. The summed E-state index contributed by atoms with van der Waals surface area (Å²) in [5.74, 6) is 3.40. The lowest BCUT2D eigenvalue weighted by Crippen LogP contribution is -2.20. The van der Waals surface area contributed by atoms with Crippen molar-refractivity contribution in [3.8, 4) is 5.95 Å². The Morgan fingerprint density at radius 1 is 1.19 bits per heavy atom. The maximum absolute atomic E-state index is 5.97. The van der Waals surface area contributed by atoms with E-state index in [4.69, 9.17) is 11.6 Å². The summed E-state index contributed by atoms with van der Waals surface area (Å²) in [6, 6.07) is 0. The van der Waals surface area contributed by atoms with Gasteiger partial charge in [-0.15, -0.1) is 0 Å². The van der Waals surface area contributed by atoms with Crippen LogP contribution in [0.3, 0.4) is 0 Å². The van der Waals surface area contributed by atoms with E-state index in [1.54, 1.807) is 0 Å². The highest BCUT2D eigenvalue weighted by Gasteiger charge is 2.41. The zero-order valence-corrected chi connectivity index (χ0v) is 12.2. The van der Waals surface area contributed by atoms with Crippen LogP contribution in [0.25, 0.3) is 5.95 Å². The Morgan fingerprint density at radius 2 is 1.95 bits per heavy atom. The van der Waals surface area contributed by atoms with Crippen molar-refractivity contribution < 1.29 is 0 Å². The third-order valence-electron chi connectivity index (χ3n) is 4.17. The summed E-state index contributed by atoms with van der Waals surface area (Å²) in [6.45, 7) is 0.909. The molecule has 2 aliphatic carbocycles. The van der Waals surface area contributed by atoms with Crippen molar-refractivity contribution in [1.82, 2.24) is 29.7 Å². The number of hydrogen-bond donors (Lipinski definition) is 1. The van der Waals surface area contributed by atoms with E-state index in [9.17, 15) is 0 Å². The molecule has 2 aromatic heterocycles. The molecule has 7 nitrogen and oxygen atoms in total. The van der Waals surface area contributed by atoms with Crippen LogP contribution >= 0.6 is 11.6 Å². The average molecular weight is 306 g/mol. The van der Waals surface area contributed by atoms with Gasteiger partial charge in [0.2, 0.25) is 11.2 Å². The fourth-order valence-corrected chi connectivity index (χ4v) is 2.96. The number of nitrogens with one attached hydrogen (secondary N) is 1. The largest absolute Gasteiger partial charge is 0.354 e. The van der Waals surface area contributed by atoms with Gasteiger partial charge in [-0.1, -0.05) is 0 Å². The molecule has 2 aromatic rings. The molecule has 8 heteroatoms. The summed E-state index contributed by atoms with van der Waals surface area (Å²) in [5, 5.41) is 7.49. The number of rotatable bonds is 6. The molecule has 4 rings (SSSR count). The van der Waals surface area contributed by atoms with Crippen molar-refractivity contribution in [2.75, 3.05) is 11.9 Å². The standard InChI is InChI=1S/C13H16ClN7/c14-11-18-12(20-13(19-11)21-7-15-6-17-21)16-5-10(8-1-2-8)9-3-4-9/h6-10H,1-5H2,(H,16,18,19,20). The number of halogens is 1. The number of anilines is 1. The monoisotopic (exact) mass is 305 g/mol. The molecule has 0 amide bonds. The predicted molar refractivity (Wildman–Crippen MR) is 77.2 cm³/mol. The number of nitrogens with zero attached hydrogens (tertiary/aromatic N) is 6. The van der Waals surface area contributed by atoms with Crippen molar-refractivity contribution in [3.63, 3.8) is 0 Å². The van der Waals surface area contributed by atoms with Crippen molar-refractivity contribution >= 4 is 17.5 Å². The Kier molecular flexibility index (Phi) is 3.21. The van der Waals surface area contributed by atoms with Crippen molar-refractivity contribution in [2.45, 2.75) is 25.7 Å². The molecule has 2 fully saturated rings. The van der Waals surface area contributed by atoms with E-state index in [0.29, 0.717) is 11.9 Å². The van der Waals surface area contributed by atoms with E-state index >= 15 is 0 Å². The van der Waals surface area contributed by atoms with Crippen LogP contribution in [0.15, 0.2) is 12.7 Å². The second-order valence-electron chi connectivity index (χ2n) is 5.79. The third kappa shape index (κ3) is 2.97. The maximum atomic E-state index is 5.97. The minimum absolute atomic E-state index is 0.160. The SMILES string of the molecule is Clc1nc(NCC(C2CC2)C2CC2)nc(-n2cncn2)n1. The van der Waals surface area contributed by atoms with Crippen molar-refractivity contribution in [1.29, 1.82) is 0 Å². The molecule has 21 heavy (non-hydrogen) atoms. The summed E-state index contributed by atoms with van der Waals surface area (Å²) >= 11 is 5.97. The minimum Gasteiger partial charge on any atom is -0.354 e. The Morgan fingerprint density at radius 3 is 2.57 bits per heavy atom. The molecule has 0 unspecified atom stereocenters. The van der Waals surface area contributed by atoms with Gasteiger partial charge in [-0.3, -0.25) is 0 Å². The van der Waals surface area contributed by atoms with E-state index in [0.717, 1.165) is 24.3 Å². The van der Waals surface area contributed by atoms with E-state index < -0.39 is 0 Å². The summed E-state index contributed by atoms with van der Waals surface area (Å²) in [7, 11) is 0. The first-order valence-corrected chi connectivity index (χ1v) is 7.68. The van der Waals surface area contributed by atoms with Crippen LogP contribution < -0.4 is 5.32 Å². The first-order chi connectivity index (χ1) is 10.3. The van der Waals surface area contributed by atoms with Crippen LogP contribution in [0, 0.1) is 17.8 Å². The molecule has 0 spiro atoms. The maximum Gasteiger partial charge on any atom is 0.258 e. The van der Waals surface area contributed by atoms with E-state index in [2.05, 4.69) is 30.4 Å². The molecule has 0 radical (unpaired) electrons. The first kappa shape index (κ1) is 12.9. The Bertz CT molecular complexity index is 609. The third-order valence-corrected chi connectivity index (χ3v) is 4.34. The van der Waals surface area contributed by atoms with Gasteiger partial charge in [-0.05, 0) is 55.0 Å². The van der Waals surface area contributed by atoms with E-state index in [1.165, 1.54) is 43.0 Å². The number of hydrogen-bond acceptors (Lipinski definition) is 6. The molecule has 2 saturated carbocycles. The molecule has 1 N–H and O–H groups in total. The van der Waals surface area contributed by atoms with Crippen LogP contribution in [-0.2, 0) is 0 Å². The van der Waals surface area contributed by atoms with Gasteiger partial charge in [0.25, 0.3) is 5.95 Å². The van der Waals surface area contributed by atoms with Crippen LogP contribution in [0.1, 0.15) is 25.7 Å². The molecular weight excluding hydrogens is 290 g/mol. The second kappa shape index (κ2) is 5.22. The van der Waals surface area contributed by atoms with Crippen LogP contribution in [0.5, 0.6) is 0 Å². The molecule has 0 bridgehead atoms. The van der Waals surface area contributed by atoms with Crippen LogP contribution in [-0.4, -0.2) is 36.3 Å². The fraction of sp³-hybridized carbons (Fsp3) is 0.615. The van der Waals surface area contributed by atoms with E-state index in [1.807, 2.05) is 0 Å². The fourth-order valence-electron chi connectivity index (χ4n) is 2.81. The number of aromatic nitrogens is 6. The Labute approximate surface area is 127 Å². The highest BCUT2D eigenvalue weighted by molar-refractivity contribution is 6.28. The molecule has 0 aromatic carbocycles. The quantitative estimate of drug-likeness (QED) is 0.878. The smallest absolute Gasteiger partial charge is 0.258 e. The van der Waals surface area contributed by atoms with Crippen molar-refractivity contribution in [3.05, 3.63) is 17.9 Å². The zero-order chi connectivity index (χ0) is 14.2. The lowest BCUT2D eigenvalue weighted by atomic mass is 9.98. The molecule has 2 aliphatic rings. The van der Waals surface area contributed by atoms with Gasteiger partial charge < -0.3 is 5.32 Å². The van der Waals surface area contributed by atoms with Crippen LogP contribution in [0.2, 0.25) is 5.28 Å². The molecule has 0 saturated heterocycles. The summed E-state index contributed by atoms with van der Waals surface area (Å²) in [4.78, 5) is 16.4. The van der Waals surface area contributed by atoms with Gasteiger partial charge in [0.15, 0.2) is 0 Å². The minimum atomic E-state index is 0.160. The zero-order valence-electron chi connectivity index (χ0n) is 11.5. The second-order valence-corrected chi connectivity index (χ2v) is 6.13. The average Bonchev–Trinajstić information content (AvgIpc) is 3.40. The highest BCUT2D eigenvalue weighted by atomic mass is 35.5. The summed E-state index contributed by atoms with van der Waals surface area (Å²) in [6.07, 6.45) is 8.43. The van der Waals surface area contributed by atoms with Gasteiger partial charge in [0.05, 0.1) is 0 Å². The molecule has 0 atom stereocenters. The van der Waals surface area contributed by atoms with Crippen LogP contribution in [0.4, 0.5) is 5.95 Å². The van der Waals surface area contributed by atoms with Gasteiger partial charge in [0, 0.05) is 6.54 Å². The van der Waals surface area contributed by atoms with Gasteiger partial charge in [-0.2, -0.15) is 24.7 Å². The molecule has 0 aliphatic heterocycles. The van der Waals surface area contributed by atoms with Gasteiger partial charge >= 0.3 is 0 Å². The lowest BCUT2D eigenvalue weighted by molar-refractivity contribution is 0.427. The Balaban J connectivity index is 1.49. The topological polar surface area (TPSA) is 81.4 Å². The summed E-state index contributed by atoms with van der Waals surface area (Å²) in [5.41, 5.74) is 0. The highest BCUT2D eigenvalue weighted by Crippen LogP contribution is 2.49. The Hall–Kier alpha value is -1.76. The summed E-state index contributed by atoms with van der Waals surface area (Å²) < 4.78 is 1.47. The normalized spacial score (nSPS) is 18.2. The van der Waals surface area contributed by atoms with Gasteiger partial charge in [-0.25, -0.2) is 4.98 Å². The first-order valence-electron chi connectivity index (χ1n) is 7.30. The van der Waals surface area contributed by atoms with E-state index in [-0.39, 0.29) is 5.28 Å². The van der Waals surface area contributed by atoms with Crippen molar-refractivity contribution in [2.24, 2.45) is 17.8 Å². The van der Waals surface area contributed by atoms with Gasteiger partial charge in [0.1, 0.15) is 12.7 Å². The predicted octanol–water partition coefficient (Wildman–Crippen LogP) is 1.95. The molecule has 110 valence electrons. The lowest BCUT2D eigenvalue weighted by Gasteiger charge is -2.16.